The van der Waals surface area contributed by atoms with Gasteiger partial charge in [-0.1, -0.05) is 44.5 Å². The molecule has 0 aliphatic heterocycles. The maximum Gasteiger partial charge on any atom is 0.255 e. The van der Waals surface area contributed by atoms with Crippen LogP contribution in [-0.4, -0.2) is 29.4 Å². The van der Waals surface area contributed by atoms with Crippen LogP contribution in [-0.2, 0) is 0 Å². The molecule has 1 aromatic heterocycles. The molecule has 106 valence electrons. The van der Waals surface area contributed by atoms with Crippen LogP contribution in [0.4, 0.5) is 5.82 Å². The van der Waals surface area contributed by atoms with E-state index in [4.69, 9.17) is 5.73 Å². The van der Waals surface area contributed by atoms with Gasteiger partial charge in [0.2, 0.25) is 0 Å². The van der Waals surface area contributed by atoms with Gasteiger partial charge in [0.15, 0.2) is 0 Å². The highest BCUT2D eigenvalue weighted by molar-refractivity contribution is 6.08. The monoisotopic (exact) mass is 271 g/mol. The summed E-state index contributed by atoms with van der Waals surface area (Å²) < 4.78 is 0. The Kier molecular flexibility index (Phi) is 4.23. The molecule has 2 aromatic rings. The summed E-state index contributed by atoms with van der Waals surface area (Å²) in [5.41, 5.74) is 6.48. The average Bonchev–Trinajstić information content (AvgIpc) is 2.47. The molecule has 0 aliphatic rings. The fraction of sp³-hybridized carbons (Fsp3) is 0.375. The van der Waals surface area contributed by atoms with E-state index >= 15 is 0 Å². The Morgan fingerprint density at radius 1 is 1.35 bits per heavy atom. The molecule has 20 heavy (non-hydrogen) atoms. The van der Waals surface area contributed by atoms with Crippen molar-refractivity contribution in [1.29, 1.82) is 0 Å². The molecule has 1 atom stereocenters. The van der Waals surface area contributed by atoms with E-state index in [1.54, 1.807) is 11.1 Å². The Morgan fingerprint density at radius 3 is 2.65 bits per heavy atom. The molecule has 0 radical (unpaired) electrons. The second-order valence-electron chi connectivity index (χ2n) is 5.30. The highest BCUT2D eigenvalue weighted by Crippen LogP contribution is 2.23. The lowest BCUT2D eigenvalue weighted by Gasteiger charge is -2.21. The number of aromatic nitrogens is 1. The SMILES string of the molecule is CCC(C)CN(C)C(=O)c1cnc(N)c2ccccc12. The van der Waals surface area contributed by atoms with Crippen molar-refractivity contribution in [1.82, 2.24) is 9.88 Å². The zero-order chi connectivity index (χ0) is 14.7. The lowest BCUT2D eigenvalue weighted by molar-refractivity contribution is 0.0776. The molecule has 1 heterocycles. The summed E-state index contributed by atoms with van der Waals surface area (Å²) in [6, 6.07) is 7.62. The van der Waals surface area contributed by atoms with Gasteiger partial charge in [-0.05, 0) is 11.3 Å². The number of hydrogen-bond acceptors (Lipinski definition) is 3. The molecule has 2 rings (SSSR count). The number of nitrogen functional groups attached to an aromatic ring is 1. The standard InChI is InChI=1S/C16H21N3O/c1-4-11(2)10-19(3)16(20)14-9-18-15(17)13-8-6-5-7-12(13)14/h5-9,11H,4,10H2,1-3H3,(H2,17,18). The molecule has 1 amide bonds. The number of benzene rings is 1. The van der Waals surface area contributed by atoms with Gasteiger partial charge in [0.25, 0.3) is 5.91 Å². The summed E-state index contributed by atoms with van der Waals surface area (Å²) >= 11 is 0. The van der Waals surface area contributed by atoms with Gasteiger partial charge in [-0.15, -0.1) is 0 Å². The first kappa shape index (κ1) is 14.3. The number of hydrogen-bond donors (Lipinski definition) is 1. The molecule has 2 N–H and O–H groups in total. The highest BCUT2D eigenvalue weighted by Gasteiger charge is 2.17. The number of fused-ring (bicyclic) bond motifs is 1. The quantitative estimate of drug-likeness (QED) is 0.930. The van der Waals surface area contributed by atoms with E-state index in [2.05, 4.69) is 18.8 Å². The number of rotatable bonds is 4. The minimum Gasteiger partial charge on any atom is -0.383 e. The van der Waals surface area contributed by atoms with E-state index in [1.165, 1.54) is 0 Å². The van der Waals surface area contributed by atoms with Crippen LogP contribution in [0.15, 0.2) is 30.5 Å². The van der Waals surface area contributed by atoms with Gasteiger partial charge in [-0.25, -0.2) is 4.98 Å². The predicted molar refractivity (Wildman–Crippen MR) is 82.6 cm³/mol. The number of nitrogens with zero attached hydrogens (tertiary/aromatic N) is 2. The van der Waals surface area contributed by atoms with E-state index in [1.807, 2.05) is 31.3 Å². The molecule has 0 spiro atoms. The molecule has 1 aromatic carbocycles. The smallest absolute Gasteiger partial charge is 0.255 e. The maximum absolute atomic E-state index is 12.6. The van der Waals surface area contributed by atoms with Crippen LogP contribution < -0.4 is 5.73 Å². The van der Waals surface area contributed by atoms with Gasteiger partial charge in [-0.3, -0.25) is 4.79 Å². The molecular weight excluding hydrogens is 250 g/mol. The third-order valence-electron chi connectivity index (χ3n) is 3.69. The van der Waals surface area contributed by atoms with Gasteiger partial charge in [-0.2, -0.15) is 0 Å². The Bertz CT molecular complexity index is 624. The van der Waals surface area contributed by atoms with Crippen LogP contribution in [0.2, 0.25) is 0 Å². The predicted octanol–water partition coefficient (Wildman–Crippen LogP) is 2.94. The van der Waals surface area contributed by atoms with E-state index < -0.39 is 0 Å². The highest BCUT2D eigenvalue weighted by atomic mass is 16.2. The molecule has 1 unspecified atom stereocenters. The van der Waals surface area contributed by atoms with Gasteiger partial charge in [0, 0.05) is 25.2 Å². The molecule has 0 fully saturated rings. The molecule has 0 saturated carbocycles. The number of pyridine rings is 1. The van der Waals surface area contributed by atoms with Crippen LogP contribution in [0.5, 0.6) is 0 Å². The van der Waals surface area contributed by atoms with Crippen LogP contribution >= 0.6 is 0 Å². The van der Waals surface area contributed by atoms with Crippen molar-refractivity contribution in [2.75, 3.05) is 19.3 Å². The number of nitrogens with two attached hydrogens (primary N) is 1. The Balaban J connectivity index is 2.38. The van der Waals surface area contributed by atoms with Crippen LogP contribution in [0.3, 0.4) is 0 Å². The summed E-state index contributed by atoms with van der Waals surface area (Å²) in [7, 11) is 1.83. The van der Waals surface area contributed by atoms with Gasteiger partial charge >= 0.3 is 0 Å². The van der Waals surface area contributed by atoms with Crippen molar-refractivity contribution in [2.24, 2.45) is 5.92 Å². The van der Waals surface area contributed by atoms with Crippen molar-refractivity contribution in [3.05, 3.63) is 36.0 Å². The van der Waals surface area contributed by atoms with Gasteiger partial charge < -0.3 is 10.6 Å². The van der Waals surface area contributed by atoms with E-state index in [-0.39, 0.29) is 5.91 Å². The first-order valence-corrected chi connectivity index (χ1v) is 6.93. The average molecular weight is 271 g/mol. The topological polar surface area (TPSA) is 59.2 Å². The first-order valence-electron chi connectivity index (χ1n) is 6.93. The number of carbonyl (C=O) groups excluding carboxylic acids is 1. The summed E-state index contributed by atoms with van der Waals surface area (Å²) in [5, 5.41) is 1.69. The van der Waals surface area contributed by atoms with Crippen molar-refractivity contribution < 1.29 is 4.79 Å². The van der Waals surface area contributed by atoms with Gasteiger partial charge in [0.1, 0.15) is 5.82 Å². The van der Waals surface area contributed by atoms with E-state index in [0.29, 0.717) is 17.3 Å². The number of carbonyl (C=O) groups is 1. The lowest BCUT2D eigenvalue weighted by Crippen LogP contribution is -2.31. The summed E-state index contributed by atoms with van der Waals surface area (Å²) in [4.78, 5) is 18.5. The first-order chi connectivity index (χ1) is 9.54. The van der Waals surface area contributed by atoms with Crippen molar-refractivity contribution in [3.63, 3.8) is 0 Å². The van der Waals surface area contributed by atoms with Crippen LogP contribution in [0.1, 0.15) is 30.6 Å². The minimum absolute atomic E-state index is 0.00556. The second kappa shape index (κ2) is 5.90. The van der Waals surface area contributed by atoms with Crippen molar-refractivity contribution in [3.8, 4) is 0 Å². The Morgan fingerprint density at radius 2 is 2.00 bits per heavy atom. The lowest BCUT2D eigenvalue weighted by atomic mass is 10.0. The maximum atomic E-state index is 12.6. The molecule has 0 aliphatic carbocycles. The zero-order valence-corrected chi connectivity index (χ0v) is 12.3. The second-order valence-corrected chi connectivity index (χ2v) is 5.30. The Labute approximate surface area is 119 Å². The molecule has 4 nitrogen and oxygen atoms in total. The molecule has 0 bridgehead atoms. The number of anilines is 1. The Hall–Kier alpha value is -2.10. The molecule has 4 heteroatoms. The summed E-state index contributed by atoms with van der Waals surface area (Å²) in [6.45, 7) is 5.01. The van der Waals surface area contributed by atoms with E-state index in [9.17, 15) is 4.79 Å². The third kappa shape index (κ3) is 2.74. The van der Waals surface area contributed by atoms with Crippen LogP contribution in [0, 0.1) is 5.92 Å². The fourth-order valence-electron chi connectivity index (χ4n) is 2.27. The largest absolute Gasteiger partial charge is 0.383 e. The van der Waals surface area contributed by atoms with Crippen LogP contribution in [0.25, 0.3) is 10.8 Å². The van der Waals surface area contributed by atoms with Crippen molar-refractivity contribution >= 4 is 22.5 Å². The van der Waals surface area contributed by atoms with Crippen molar-refractivity contribution in [2.45, 2.75) is 20.3 Å². The normalized spacial score (nSPS) is 12.3. The molecular formula is C16H21N3O. The third-order valence-corrected chi connectivity index (χ3v) is 3.69. The molecule has 0 saturated heterocycles. The summed E-state index contributed by atoms with van der Waals surface area (Å²) in [5.74, 6) is 0.938. The van der Waals surface area contributed by atoms with Gasteiger partial charge in [0.05, 0.1) is 5.56 Å². The van der Waals surface area contributed by atoms with E-state index in [0.717, 1.165) is 23.7 Å². The minimum atomic E-state index is -0.00556. The summed E-state index contributed by atoms with van der Waals surface area (Å²) in [6.07, 6.45) is 2.63. The number of amides is 1. The fourth-order valence-corrected chi connectivity index (χ4v) is 2.27. The zero-order valence-electron chi connectivity index (χ0n) is 12.3.